The molecule has 0 amide bonds. The lowest BCUT2D eigenvalue weighted by Gasteiger charge is -2.22. The summed E-state index contributed by atoms with van der Waals surface area (Å²) >= 11 is 0. The number of aliphatic hydroxyl groups is 1. The zero-order valence-corrected chi connectivity index (χ0v) is 12.4. The second kappa shape index (κ2) is 6.40. The quantitative estimate of drug-likeness (QED) is 0.779. The zero-order valence-electron chi connectivity index (χ0n) is 12.4. The molecule has 124 valence electrons. The van der Waals surface area contributed by atoms with Crippen molar-refractivity contribution >= 4 is 0 Å². The van der Waals surface area contributed by atoms with E-state index in [1.165, 1.54) is 36.4 Å². The topological polar surface area (TPSA) is 63.8 Å². The van der Waals surface area contributed by atoms with E-state index in [1.807, 2.05) is 0 Å². The highest BCUT2D eigenvalue weighted by atomic mass is 19.3. The molecule has 0 radical (unpaired) electrons. The number of tetrazole rings is 1. The van der Waals surface area contributed by atoms with Gasteiger partial charge in [0.05, 0.1) is 6.54 Å². The van der Waals surface area contributed by atoms with E-state index in [2.05, 4.69) is 15.5 Å². The molecule has 24 heavy (non-hydrogen) atoms. The summed E-state index contributed by atoms with van der Waals surface area (Å²) in [7, 11) is 0. The molecular formula is C16H13F3N4O. The maximum absolute atomic E-state index is 14.3. The van der Waals surface area contributed by atoms with E-state index in [1.54, 1.807) is 12.1 Å². The van der Waals surface area contributed by atoms with Gasteiger partial charge in [-0.05, 0) is 33.7 Å². The van der Waals surface area contributed by atoms with E-state index in [9.17, 15) is 18.3 Å². The molecule has 0 aliphatic rings. The molecular weight excluding hydrogens is 321 g/mol. The van der Waals surface area contributed by atoms with Crippen LogP contribution in [0.5, 0.6) is 0 Å². The number of hydrogen-bond donors (Lipinski definition) is 1. The van der Waals surface area contributed by atoms with Gasteiger partial charge in [0, 0.05) is 5.56 Å². The summed E-state index contributed by atoms with van der Waals surface area (Å²) < 4.78 is 42.7. The number of aliphatic hydroxyl groups excluding tert-OH is 1. The molecule has 0 aliphatic heterocycles. The molecule has 5 nitrogen and oxygen atoms in total. The van der Waals surface area contributed by atoms with Crippen molar-refractivity contribution in [1.29, 1.82) is 0 Å². The largest absolute Gasteiger partial charge is 0.384 e. The van der Waals surface area contributed by atoms with Crippen LogP contribution in [0, 0.1) is 5.82 Å². The number of nitrogens with zero attached hydrogens (tertiary/aromatic N) is 4. The SMILES string of the molecule is OC(Cn1cnnn1)C(F)(F)c1ccc(-c2ccc(F)cc2)cc1. The van der Waals surface area contributed by atoms with Crippen LogP contribution in [0.15, 0.2) is 54.9 Å². The van der Waals surface area contributed by atoms with Crippen LogP contribution < -0.4 is 0 Å². The molecule has 1 atom stereocenters. The van der Waals surface area contributed by atoms with E-state index in [4.69, 9.17) is 0 Å². The summed E-state index contributed by atoms with van der Waals surface area (Å²) in [6, 6.07) is 11.2. The van der Waals surface area contributed by atoms with Crippen LogP contribution in [0.3, 0.4) is 0 Å². The minimum atomic E-state index is -3.47. The summed E-state index contributed by atoms with van der Waals surface area (Å²) in [5, 5.41) is 19.9. The molecule has 0 fully saturated rings. The first-order valence-electron chi connectivity index (χ1n) is 7.10. The molecule has 0 spiro atoms. The van der Waals surface area contributed by atoms with E-state index >= 15 is 0 Å². The summed E-state index contributed by atoms with van der Waals surface area (Å²) in [6.45, 7) is -0.431. The van der Waals surface area contributed by atoms with Gasteiger partial charge in [0.15, 0.2) is 0 Å². The van der Waals surface area contributed by atoms with Crippen molar-refractivity contribution in [2.45, 2.75) is 18.6 Å². The number of rotatable bonds is 5. The van der Waals surface area contributed by atoms with E-state index < -0.39 is 18.6 Å². The van der Waals surface area contributed by atoms with Gasteiger partial charge in [-0.1, -0.05) is 36.4 Å². The maximum atomic E-state index is 14.3. The second-order valence-electron chi connectivity index (χ2n) is 5.25. The first-order valence-corrected chi connectivity index (χ1v) is 7.10. The number of hydrogen-bond acceptors (Lipinski definition) is 4. The van der Waals surface area contributed by atoms with Gasteiger partial charge in [-0.3, -0.25) is 0 Å². The van der Waals surface area contributed by atoms with Crippen LogP contribution in [0.2, 0.25) is 0 Å². The third-order valence-electron chi connectivity index (χ3n) is 3.62. The van der Waals surface area contributed by atoms with Gasteiger partial charge in [-0.2, -0.15) is 8.78 Å². The van der Waals surface area contributed by atoms with Crippen LogP contribution in [-0.4, -0.2) is 31.4 Å². The van der Waals surface area contributed by atoms with Crippen molar-refractivity contribution in [3.05, 3.63) is 66.2 Å². The molecule has 0 bridgehead atoms. The Bertz CT molecular complexity index is 789. The van der Waals surface area contributed by atoms with Crippen molar-refractivity contribution in [3.63, 3.8) is 0 Å². The van der Waals surface area contributed by atoms with Gasteiger partial charge in [0.1, 0.15) is 18.2 Å². The van der Waals surface area contributed by atoms with Crippen LogP contribution in [0.1, 0.15) is 5.56 Å². The molecule has 0 aliphatic carbocycles. The van der Waals surface area contributed by atoms with Crippen molar-refractivity contribution in [1.82, 2.24) is 20.2 Å². The van der Waals surface area contributed by atoms with Crippen LogP contribution in [-0.2, 0) is 12.5 Å². The molecule has 1 heterocycles. The normalized spacial score (nSPS) is 13.0. The maximum Gasteiger partial charge on any atom is 0.300 e. The number of halogens is 3. The highest BCUT2D eigenvalue weighted by molar-refractivity contribution is 5.63. The molecule has 8 heteroatoms. The number of benzene rings is 2. The molecule has 3 rings (SSSR count). The molecule has 1 unspecified atom stereocenters. The number of alkyl halides is 2. The van der Waals surface area contributed by atoms with Crippen molar-refractivity contribution in [2.24, 2.45) is 0 Å². The minimum absolute atomic E-state index is 0.325. The fraction of sp³-hybridized carbons (Fsp3) is 0.188. The molecule has 3 aromatic rings. The average molecular weight is 334 g/mol. The van der Waals surface area contributed by atoms with Crippen LogP contribution >= 0.6 is 0 Å². The summed E-state index contributed by atoms with van der Waals surface area (Å²) in [4.78, 5) is 0. The monoisotopic (exact) mass is 334 g/mol. The predicted molar refractivity (Wildman–Crippen MR) is 79.6 cm³/mol. The van der Waals surface area contributed by atoms with Gasteiger partial charge in [-0.15, -0.1) is 5.10 Å². The second-order valence-corrected chi connectivity index (χ2v) is 5.25. The fourth-order valence-corrected chi connectivity index (χ4v) is 2.28. The fourth-order valence-electron chi connectivity index (χ4n) is 2.28. The smallest absolute Gasteiger partial charge is 0.300 e. The first kappa shape index (κ1) is 16.1. The first-order chi connectivity index (χ1) is 11.5. The lowest BCUT2D eigenvalue weighted by atomic mass is 9.99. The minimum Gasteiger partial charge on any atom is -0.384 e. The average Bonchev–Trinajstić information content (AvgIpc) is 3.08. The lowest BCUT2D eigenvalue weighted by Crippen LogP contribution is -2.34. The van der Waals surface area contributed by atoms with Crippen LogP contribution in [0.4, 0.5) is 13.2 Å². The van der Waals surface area contributed by atoms with Crippen molar-refractivity contribution < 1.29 is 18.3 Å². The molecule has 2 aromatic carbocycles. The Labute approximate surface area is 135 Å². The zero-order chi connectivity index (χ0) is 17.2. The third-order valence-corrected chi connectivity index (χ3v) is 3.62. The van der Waals surface area contributed by atoms with Gasteiger partial charge in [0.2, 0.25) is 0 Å². The van der Waals surface area contributed by atoms with E-state index in [0.717, 1.165) is 11.0 Å². The van der Waals surface area contributed by atoms with Gasteiger partial charge in [0.25, 0.3) is 5.92 Å². The van der Waals surface area contributed by atoms with Crippen molar-refractivity contribution in [3.8, 4) is 11.1 Å². The number of aromatic nitrogens is 4. The highest BCUT2D eigenvalue weighted by Gasteiger charge is 2.40. The van der Waals surface area contributed by atoms with E-state index in [-0.39, 0.29) is 11.4 Å². The Morgan fingerprint density at radius 3 is 2.12 bits per heavy atom. The summed E-state index contributed by atoms with van der Waals surface area (Å²) in [5.41, 5.74) is 1.05. The Balaban J connectivity index is 1.79. The Morgan fingerprint density at radius 2 is 1.58 bits per heavy atom. The van der Waals surface area contributed by atoms with Crippen molar-refractivity contribution in [2.75, 3.05) is 0 Å². The Hall–Kier alpha value is -2.74. The van der Waals surface area contributed by atoms with Crippen LogP contribution in [0.25, 0.3) is 11.1 Å². The molecule has 0 saturated carbocycles. The van der Waals surface area contributed by atoms with E-state index in [0.29, 0.717) is 11.1 Å². The molecule has 1 N–H and O–H groups in total. The Kier molecular flexibility index (Phi) is 4.30. The van der Waals surface area contributed by atoms with Gasteiger partial charge >= 0.3 is 0 Å². The third kappa shape index (κ3) is 3.28. The highest BCUT2D eigenvalue weighted by Crippen LogP contribution is 2.33. The molecule has 1 aromatic heterocycles. The standard InChI is InChI=1S/C16H13F3N4O/c17-14-7-3-12(4-8-14)11-1-5-13(6-2-11)16(18,19)15(24)9-23-10-20-21-22-23/h1-8,10,15,24H,9H2. The summed E-state index contributed by atoms with van der Waals surface area (Å²) in [6.07, 6.45) is -0.825. The lowest BCUT2D eigenvalue weighted by molar-refractivity contribution is -0.122. The Morgan fingerprint density at radius 1 is 1.00 bits per heavy atom. The molecule has 0 saturated heterocycles. The predicted octanol–water partition coefficient (Wildman–Crippen LogP) is 2.63. The van der Waals surface area contributed by atoms with Gasteiger partial charge < -0.3 is 5.11 Å². The summed E-state index contributed by atoms with van der Waals surface area (Å²) in [5.74, 6) is -3.83. The van der Waals surface area contributed by atoms with Gasteiger partial charge in [-0.25, -0.2) is 9.07 Å².